The summed E-state index contributed by atoms with van der Waals surface area (Å²) in [6.07, 6.45) is 2.11. The highest BCUT2D eigenvalue weighted by molar-refractivity contribution is 5.97. The number of rotatable bonds is 10. The molecule has 1 rings (SSSR count). The van der Waals surface area contributed by atoms with Crippen molar-refractivity contribution in [2.75, 3.05) is 0 Å². The van der Waals surface area contributed by atoms with Gasteiger partial charge in [0.1, 0.15) is 6.04 Å². The first-order chi connectivity index (χ1) is 11.8. The lowest BCUT2D eigenvalue weighted by atomic mass is 10.0. The molecular formula is C18H23F3N2O2. The number of primary amides is 1. The first-order valence-corrected chi connectivity index (χ1v) is 8.14. The predicted molar refractivity (Wildman–Crippen MR) is 89.8 cm³/mol. The van der Waals surface area contributed by atoms with Gasteiger partial charge in [0.15, 0.2) is 0 Å². The number of benzene rings is 1. The second kappa shape index (κ2) is 9.86. The van der Waals surface area contributed by atoms with Gasteiger partial charge in [0.2, 0.25) is 5.91 Å². The number of nitrogens with two attached hydrogens (primary N) is 1. The van der Waals surface area contributed by atoms with Crippen molar-refractivity contribution < 1.29 is 22.8 Å². The van der Waals surface area contributed by atoms with Crippen LogP contribution in [0, 0.1) is 0 Å². The fraction of sp³-hybridized carbons (Fsp3) is 0.444. The van der Waals surface area contributed by atoms with E-state index in [0.717, 1.165) is 43.9 Å². The van der Waals surface area contributed by atoms with Gasteiger partial charge >= 0.3 is 6.18 Å². The van der Waals surface area contributed by atoms with Crippen molar-refractivity contribution in [1.82, 2.24) is 5.32 Å². The number of unbranched alkanes of at least 4 members (excludes halogenated alkanes) is 4. The second-order valence-electron chi connectivity index (χ2n) is 5.79. The van der Waals surface area contributed by atoms with Crippen LogP contribution in [-0.2, 0) is 11.0 Å². The third-order valence-corrected chi connectivity index (χ3v) is 3.75. The van der Waals surface area contributed by atoms with E-state index in [1.165, 1.54) is 6.07 Å². The average molecular weight is 356 g/mol. The lowest BCUT2D eigenvalue weighted by molar-refractivity contribution is -0.137. The Balaban J connectivity index is 2.61. The Kier molecular flexibility index (Phi) is 8.18. The van der Waals surface area contributed by atoms with Crippen molar-refractivity contribution in [3.8, 4) is 0 Å². The Morgan fingerprint density at radius 1 is 1.20 bits per heavy atom. The van der Waals surface area contributed by atoms with E-state index in [1.807, 2.05) is 6.08 Å². The molecule has 0 unspecified atom stereocenters. The summed E-state index contributed by atoms with van der Waals surface area (Å²) in [6, 6.07) is 3.14. The Hall–Kier alpha value is -2.31. The monoisotopic (exact) mass is 356 g/mol. The van der Waals surface area contributed by atoms with Gasteiger partial charge in [-0.25, -0.2) is 0 Å². The molecule has 0 aliphatic heterocycles. The molecule has 1 aromatic carbocycles. The summed E-state index contributed by atoms with van der Waals surface area (Å²) in [5.41, 5.74) is 4.20. The van der Waals surface area contributed by atoms with Crippen molar-refractivity contribution in [1.29, 1.82) is 0 Å². The first-order valence-electron chi connectivity index (χ1n) is 8.14. The highest BCUT2D eigenvalue weighted by Crippen LogP contribution is 2.29. The molecule has 1 atom stereocenters. The number of allylic oxidation sites excluding steroid dienone is 1. The molecule has 0 aromatic heterocycles. The van der Waals surface area contributed by atoms with Crippen molar-refractivity contribution in [3.05, 3.63) is 48.0 Å². The van der Waals surface area contributed by atoms with Gasteiger partial charge in [0.05, 0.1) is 5.56 Å². The van der Waals surface area contributed by atoms with E-state index in [2.05, 4.69) is 11.9 Å². The third kappa shape index (κ3) is 7.41. The molecule has 0 bridgehead atoms. The summed E-state index contributed by atoms with van der Waals surface area (Å²) < 4.78 is 38.1. The van der Waals surface area contributed by atoms with Crippen LogP contribution < -0.4 is 11.1 Å². The number of carbonyl (C=O) groups excluding carboxylic acids is 2. The number of hydrogen-bond acceptors (Lipinski definition) is 2. The lowest BCUT2D eigenvalue weighted by Crippen LogP contribution is -2.44. The number of halogens is 3. The largest absolute Gasteiger partial charge is 0.416 e. The van der Waals surface area contributed by atoms with Crippen LogP contribution in [0.15, 0.2) is 36.9 Å². The molecule has 0 heterocycles. The van der Waals surface area contributed by atoms with Crippen molar-refractivity contribution >= 4 is 11.8 Å². The molecule has 2 amide bonds. The van der Waals surface area contributed by atoms with Gasteiger partial charge in [0, 0.05) is 5.56 Å². The van der Waals surface area contributed by atoms with Crippen LogP contribution in [0.2, 0.25) is 0 Å². The zero-order valence-corrected chi connectivity index (χ0v) is 13.9. The molecule has 3 N–H and O–H groups in total. The van der Waals surface area contributed by atoms with Crippen LogP contribution in [0.1, 0.15) is 54.4 Å². The molecule has 0 aliphatic rings. The Morgan fingerprint density at radius 2 is 1.88 bits per heavy atom. The van der Waals surface area contributed by atoms with Crippen molar-refractivity contribution in [2.24, 2.45) is 5.73 Å². The summed E-state index contributed by atoms with van der Waals surface area (Å²) in [7, 11) is 0. The van der Waals surface area contributed by atoms with E-state index in [9.17, 15) is 22.8 Å². The van der Waals surface area contributed by atoms with E-state index < -0.39 is 29.6 Å². The maximum Gasteiger partial charge on any atom is 0.416 e. The fourth-order valence-electron chi connectivity index (χ4n) is 2.35. The van der Waals surface area contributed by atoms with Crippen molar-refractivity contribution in [2.45, 2.75) is 50.7 Å². The van der Waals surface area contributed by atoms with Gasteiger partial charge in [0.25, 0.3) is 5.91 Å². The minimum absolute atomic E-state index is 0.160. The minimum Gasteiger partial charge on any atom is -0.368 e. The topological polar surface area (TPSA) is 72.2 Å². The standard InChI is InChI=1S/C18H23F3N2O2/c1-2-3-4-5-6-7-11-15(16(22)24)23-17(25)13-9-8-10-14(12-13)18(19,20)21/h2,8-10,12,15H,1,3-7,11H2,(H2,22,24)(H,23,25)/t15-/m0/s1. The molecule has 0 aliphatic carbocycles. The molecule has 0 saturated heterocycles. The Labute approximate surface area is 145 Å². The van der Waals surface area contributed by atoms with Gasteiger partial charge in [-0.1, -0.05) is 31.4 Å². The molecule has 7 heteroatoms. The minimum atomic E-state index is -4.54. The average Bonchev–Trinajstić information content (AvgIpc) is 2.55. The third-order valence-electron chi connectivity index (χ3n) is 3.75. The van der Waals surface area contributed by atoms with Crippen LogP contribution in [-0.4, -0.2) is 17.9 Å². The van der Waals surface area contributed by atoms with E-state index in [0.29, 0.717) is 12.8 Å². The predicted octanol–water partition coefficient (Wildman–Crippen LogP) is 3.82. The maximum absolute atomic E-state index is 12.7. The van der Waals surface area contributed by atoms with E-state index in [1.54, 1.807) is 0 Å². The SMILES string of the molecule is C=CCCCCCC[C@H](NC(=O)c1cccc(C(F)(F)F)c1)C(N)=O. The number of alkyl halides is 3. The van der Waals surface area contributed by atoms with Crippen LogP contribution in [0.4, 0.5) is 13.2 Å². The molecule has 4 nitrogen and oxygen atoms in total. The van der Waals surface area contributed by atoms with E-state index >= 15 is 0 Å². The molecule has 0 radical (unpaired) electrons. The van der Waals surface area contributed by atoms with Gasteiger partial charge in [-0.3, -0.25) is 9.59 Å². The van der Waals surface area contributed by atoms with Gasteiger partial charge in [-0.15, -0.1) is 6.58 Å². The van der Waals surface area contributed by atoms with Gasteiger partial charge in [-0.05, 0) is 37.5 Å². The summed E-state index contributed by atoms with van der Waals surface area (Å²) in [6.45, 7) is 3.63. The maximum atomic E-state index is 12.7. The summed E-state index contributed by atoms with van der Waals surface area (Å²) in [5.74, 6) is -1.45. The molecule has 138 valence electrons. The smallest absolute Gasteiger partial charge is 0.368 e. The highest BCUT2D eigenvalue weighted by Gasteiger charge is 2.31. The van der Waals surface area contributed by atoms with E-state index in [-0.39, 0.29) is 5.56 Å². The molecular weight excluding hydrogens is 333 g/mol. The second-order valence-corrected chi connectivity index (χ2v) is 5.79. The lowest BCUT2D eigenvalue weighted by Gasteiger charge is -2.16. The summed E-state index contributed by atoms with van der Waals surface area (Å²) in [5, 5.41) is 2.42. The zero-order chi connectivity index (χ0) is 18.9. The first kappa shape index (κ1) is 20.7. The summed E-state index contributed by atoms with van der Waals surface area (Å²) in [4.78, 5) is 23.6. The highest BCUT2D eigenvalue weighted by atomic mass is 19.4. The quantitative estimate of drug-likeness (QED) is 0.494. The van der Waals surface area contributed by atoms with Gasteiger partial charge in [-0.2, -0.15) is 13.2 Å². The van der Waals surface area contributed by atoms with Crippen LogP contribution >= 0.6 is 0 Å². The van der Waals surface area contributed by atoms with Crippen LogP contribution in [0.3, 0.4) is 0 Å². The van der Waals surface area contributed by atoms with E-state index in [4.69, 9.17) is 5.73 Å². The molecule has 25 heavy (non-hydrogen) atoms. The molecule has 1 aromatic rings. The number of amides is 2. The number of carbonyl (C=O) groups is 2. The Bertz CT molecular complexity index is 600. The van der Waals surface area contributed by atoms with Crippen molar-refractivity contribution in [3.63, 3.8) is 0 Å². The number of nitrogens with one attached hydrogen (secondary N) is 1. The zero-order valence-electron chi connectivity index (χ0n) is 13.9. The van der Waals surface area contributed by atoms with Gasteiger partial charge < -0.3 is 11.1 Å². The molecule has 0 fully saturated rings. The summed E-state index contributed by atoms with van der Waals surface area (Å²) >= 11 is 0. The molecule has 0 saturated carbocycles. The Morgan fingerprint density at radius 3 is 2.48 bits per heavy atom. The van der Waals surface area contributed by atoms with Crippen LogP contribution in [0.5, 0.6) is 0 Å². The normalized spacial score (nSPS) is 12.4. The number of hydrogen-bond donors (Lipinski definition) is 2. The fourth-order valence-corrected chi connectivity index (χ4v) is 2.35. The molecule has 0 spiro atoms. The van der Waals surface area contributed by atoms with Crippen LogP contribution in [0.25, 0.3) is 0 Å².